The fraction of sp³-hybridized carbons (Fsp3) is 0.857. The van der Waals surface area contributed by atoms with Gasteiger partial charge in [0, 0.05) is 20.0 Å². The standard InChI is InChI=1S/C7H15NO/c1-8-5-3-7(9-2)4-6-8/h7-8H,1,3-6H2,2H3. The summed E-state index contributed by atoms with van der Waals surface area (Å²) in [5.74, 6) is 0. The van der Waals surface area contributed by atoms with Crippen LogP contribution < -0.4 is 4.90 Å². The van der Waals surface area contributed by atoms with Gasteiger partial charge < -0.3 is 9.64 Å². The fourth-order valence-corrected chi connectivity index (χ4v) is 1.24. The molecule has 1 rings (SSSR count). The molecule has 2 heteroatoms. The molecule has 0 atom stereocenters. The quantitative estimate of drug-likeness (QED) is 0.470. The molecule has 1 saturated heterocycles. The summed E-state index contributed by atoms with van der Waals surface area (Å²) in [5.41, 5.74) is 0. The number of likely N-dealkylation sites (tertiary alicyclic amines) is 1. The van der Waals surface area contributed by atoms with Crippen molar-refractivity contribution in [3.8, 4) is 0 Å². The Labute approximate surface area is 56.8 Å². The van der Waals surface area contributed by atoms with Crippen LogP contribution in [0.25, 0.3) is 0 Å². The Bertz CT molecular complexity index is 77.0. The molecular weight excluding hydrogens is 114 g/mol. The molecule has 2 nitrogen and oxygen atoms in total. The Kier molecular flexibility index (Phi) is 2.49. The molecule has 9 heavy (non-hydrogen) atoms. The van der Waals surface area contributed by atoms with Crippen molar-refractivity contribution in [1.29, 1.82) is 0 Å². The van der Waals surface area contributed by atoms with E-state index >= 15 is 0 Å². The molecule has 0 aliphatic carbocycles. The van der Waals surface area contributed by atoms with Gasteiger partial charge in [-0.05, 0) is 0 Å². The summed E-state index contributed by atoms with van der Waals surface area (Å²) in [7, 11) is 5.72. The first-order valence-electron chi connectivity index (χ1n) is 3.52. The highest BCUT2D eigenvalue weighted by Gasteiger charge is 2.15. The van der Waals surface area contributed by atoms with Crippen LogP contribution in [0.15, 0.2) is 0 Å². The van der Waals surface area contributed by atoms with Crippen LogP contribution in [-0.2, 0) is 4.74 Å². The van der Waals surface area contributed by atoms with Gasteiger partial charge in [-0.3, -0.25) is 0 Å². The predicted octanol–water partition coefficient (Wildman–Crippen LogP) is -0.528. The van der Waals surface area contributed by atoms with E-state index in [1.807, 2.05) is 0 Å². The largest absolute Gasteiger partial charge is 0.468 e. The Balaban J connectivity index is 2.18. The van der Waals surface area contributed by atoms with Crippen LogP contribution in [0.5, 0.6) is 0 Å². The van der Waals surface area contributed by atoms with Crippen molar-refractivity contribution in [3.63, 3.8) is 0 Å². The van der Waals surface area contributed by atoms with Crippen molar-refractivity contribution < 1.29 is 9.64 Å². The van der Waals surface area contributed by atoms with Crippen molar-refractivity contribution in [3.05, 3.63) is 7.05 Å². The molecule has 1 fully saturated rings. The Morgan fingerprint density at radius 1 is 1.44 bits per heavy atom. The lowest BCUT2D eigenvalue weighted by Gasteiger charge is -2.29. The van der Waals surface area contributed by atoms with Gasteiger partial charge in [0.25, 0.3) is 0 Å². The number of hydrogen-bond donors (Lipinski definition) is 1. The Morgan fingerprint density at radius 2 is 2.00 bits per heavy atom. The summed E-state index contributed by atoms with van der Waals surface area (Å²) in [6.07, 6.45) is 2.86. The van der Waals surface area contributed by atoms with E-state index in [-0.39, 0.29) is 0 Å². The van der Waals surface area contributed by atoms with E-state index in [1.54, 1.807) is 7.11 Å². The minimum absolute atomic E-state index is 0.510. The van der Waals surface area contributed by atoms with Gasteiger partial charge in [0.2, 0.25) is 0 Å². The SMILES string of the molecule is [CH2-][NH+]1CCC(OC)CC1. The third-order valence-electron chi connectivity index (χ3n) is 1.97. The van der Waals surface area contributed by atoms with Crippen LogP contribution in [0.1, 0.15) is 12.8 Å². The first-order valence-corrected chi connectivity index (χ1v) is 3.52. The van der Waals surface area contributed by atoms with Gasteiger partial charge in [0.15, 0.2) is 0 Å². The minimum atomic E-state index is 0.510. The van der Waals surface area contributed by atoms with Crippen molar-refractivity contribution in [2.75, 3.05) is 20.2 Å². The van der Waals surface area contributed by atoms with Crippen LogP contribution in [0.3, 0.4) is 0 Å². The first-order chi connectivity index (χ1) is 4.33. The third kappa shape index (κ3) is 1.95. The lowest BCUT2D eigenvalue weighted by molar-refractivity contribution is -0.860. The van der Waals surface area contributed by atoms with Gasteiger partial charge in [-0.1, -0.05) is 0 Å². The molecule has 0 bridgehead atoms. The first kappa shape index (κ1) is 7.03. The summed E-state index contributed by atoms with van der Waals surface area (Å²) in [4.78, 5) is 1.39. The molecule has 0 saturated carbocycles. The molecule has 1 aliphatic heterocycles. The lowest BCUT2D eigenvalue weighted by Crippen LogP contribution is -3.08. The van der Waals surface area contributed by atoms with E-state index in [1.165, 1.54) is 30.8 Å². The summed E-state index contributed by atoms with van der Waals surface area (Å²) in [6.45, 7) is 2.33. The van der Waals surface area contributed by atoms with Gasteiger partial charge in [0.05, 0.1) is 19.2 Å². The summed E-state index contributed by atoms with van der Waals surface area (Å²) >= 11 is 0. The van der Waals surface area contributed by atoms with E-state index in [4.69, 9.17) is 4.74 Å². The van der Waals surface area contributed by atoms with Crippen molar-refractivity contribution in [2.45, 2.75) is 18.9 Å². The van der Waals surface area contributed by atoms with Gasteiger partial charge in [-0.15, -0.1) is 0 Å². The number of quaternary nitrogens is 1. The molecule has 1 aliphatic rings. The van der Waals surface area contributed by atoms with Crippen LogP contribution in [0, 0.1) is 7.05 Å². The van der Waals surface area contributed by atoms with Crippen LogP contribution in [0.4, 0.5) is 0 Å². The van der Waals surface area contributed by atoms with Crippen LogP contribution >= 0.6 is 0 Å². The van der Waals surface area contributed by atoms with E-state index in [0.29, 0.717) is 6.10 Å². The van der Waals surface area contributed by atoms with Gasteiger partial charge in [-0.25, -0.2) is 0 Å². The maximum absolute atomic E-state index is 5.20. The highest BCUT2D eigenvalue weighted by Crippen LogP contribution is 2.01. The second-order valence-electron chi connectivity index (χ2n) is 2.69. The minimum Gasteiger partial charge on any atom is -0.468 e. The normalized spacial score (nSPS) is 36.7. The molecule has 0 aromatic heterocycles. The number of hydrogen-bond acceptors (Lipinski definition) is 1. The fourth-order valence-electron chi connectivity index (χ4n) is 1.24. The molecule has 0 radical (unpaired) electrons. The van der Waals surface area contributed by atoms with Crippen LogP contribution in [0.2, 0.25) is 0 Å². The maximum Gasteiger partial charge on any atom is 0.0676 e. The highest BCUT2D eigenvalue weighted by molar-refractivity contribution is 4.59. The zero-order valence-corrected chi connectivity index (χ0v) is 6.02. The monoisotopic (exact) mass is 129 g/mol. The maximum atomic E-state index is 5.20. The smallest absolute Gasteiger partial charge is 0.0676 e. The lowest BCUT2D eigenvalue weighted by atomic mass is 10.1. The molecule has 1 N–H and O–H groups in total. The van der Waals surface area contributed by atoms with Gasteiger partial charge >= 0.3 is 0 Å². The zero-order valence-electron chi connectivity index (χ0n) is 6.02. The second-order valence-corrected chi connectivity index (χ2v) is 2.69. The molecule has 54 valence electrons. The number of rotatable bonds is 1. The average Bonchev–Trinajstić information content (AvgIpc) is 1.90. The van der Waals surface area contributed by atoms with E-state index in [2.05, 4.69) is 7.05 Å². The molecule has 0 amide bonds. The molecule has 0 spiro atoms. The molecule has 0 aromatic carbocycles. The van der Waals surface area contributed by atoms with Gasteiger partial charge in [-0.2, -0.15) is 7.05 Å². The summed E-state index contributed by atoms with van der Waals surface area (Å²) in [6, 6.07) is 0. The van der Waals surface area contributed by atoms with E-state index in [9.17, 15) is 0 Å². The Morgan fingerprint density at radius 3 is 2.44 bits per heavy atom. The molecule has 0 aromatic rings. The zero-order chi connectivity index (χ0) is 6.69. The predicted molar refractivity (Wildman–Crippen MR) is 36.1 cm³/mol. The molecule has 0 unspecified atom stereocenters. The number of nitrogens with one attached hydrogen (secondary N) is 1. The van der Waals surface area contributed by atoms with Crippen molar-refractivity contribution in [2.24, 2.45) is 0 Å². The number of piperidine rings is 1. The average molecular weight is 129 g/mol. The molecular formula is C7H15NO. The van der Waals surface area contributed by atoms with E-state index in [0.717, 1.165) is 0 Å². The third-order valence-corrected chi connectivity index (χ3v) is 1.97. The topological polar surface area (TPSA) is 13.7 Å². The van der Waals surface area contributed by atoms with Crippen molar-refractivity contribution in [1.82, 2.24) is 0 Å². The number of methoxy groups -OCH3 is 1. The Hall–Kier alpha value is -0.0800. The summed E-state index contributed by atoms with van der Waals surface area (Å²) < 4.78 is 5.20. The highest BCUT2D eigenvalue weighted by atomic mass is 16.5. The van der Waals surface area contributed by atoms with Crippen LogP contribution in [-0.4, -0.2) is 26.3 Å². The van der Waals surface area contributed by atoms with E-state index < -0.39 is 0 Å². The summed E-state index contributed by atoms with van der Waals surface area (Å²) in [5, 5.41) is 0. The second kappa shape index (κ2) is 3.18. The van der Waals surface area contributed by atoms with Gasteiger partial charge in [0.1, 0.15) is 0 Å². The number of ether oxygens (including phenoxy) is 1. The molecule has 1 heterocycles. The van der Waals surface area contributed by atoms with Crippen molar-refractivity contribution >= 4 is 0 Å².